The minimum absolute atomic E-state index is 0.0666. The lowest BCUT2D eigenvalue weighted by Gasteiger charge is -2.30. The van der Waals surface area contributed by atoms with Gasteiger partial charge in [0, 0.05) is 135 Å². The van der Waals surface area contributed by atoms with E-state index in [0.29, 0.717) is 117 Å². The van der Waals surface area contributed by atoms with Gasteiger partial charge in [-0.3, -0.25) is 54.0 Å². The fraction of sp³-hybridized carbons (Fsp3) is 0.425. The number of unbranched alkanes of at least 4 members (excludes halogenated alkanes) is 1. The normalized spacial score (nSPS) is 12.4. The zero-order chi connectivity index (χ0) is 99.8. The van der Waals surface area contributed by atoms with E-state index in [9.17, 15) is 75.7 Å². The van der Waals surface area contributed by atoms with Crippen LogP contribution in [0.1, 0.15) is 246 Å². The molecule has 6 unspecified atom stereocenters. The Morgan fingerprint density at radius 2 is 0.713 bits per heavy atom. The van der Waals surface area contributed by atoms with Crippen LogP contribution in [0.5, 0.6) is 0 Å². The fourth-order valence-corrected chi connectivity index (χ4v) is 16.8. The standard InChI is InChI=1S/C39H50N4O4.C37H46N4O4.C30H43F2N5O6S/c1-5-9-23-43(41-37(45)27-31-19-14-11-15-20-31)29-36(44)35(26-30-17-12-10-13-18-30)40-38(46)33-24-32(16-6-2)25-34(28-33)39(47)42(21-7-3)22-8-4;1-5-15-30-22-31(26-32(23-30)37(45)40(20-6-2)21-7-3)36(44)38-33(24-28-16-11-9-12-17-28)34(42)27-41(8-4)39-35(43)25-29-18-13-10-14-19-29;1-6-8-37(9-7-2)30(41)23-14-21(28(33)39)13-22(15-23)29(40)34-26(12-20-10-24(31)16-25(32)11-20)27(38)17-36(5)35-44(42,43)18-19(3)4/h10-15,17-20,24-25,28,35-36,44H,5,7-9,21-23,26-27,29H2,1-4H3,(H,40,46)(H,41,45);9-14,16-19,22-23,26,33-34,42H,6-8,20-21,24-25,27H2,1-4H3,(H,38,44)(H,39,43);10-11,13-16,19,26-27,35,38H,6-9,12,17-18H2,1-5H3,(H2,33,39)(H,34,40). The Morgan fingerprint density at radius 3 is 1.06 bits per heavy atom. The van der Waals surface area contributed by atoms with E-state index in [0.717, 1.165) is 77.9 Å². The Bertz CT molecular complexity index is 5370. The number of sulfonamides is 1. The number of amides is 9. The van der Waals surface area contributed by atoms with Crippen molar-refractivity contribution in [1.29, 1.82) is 0 Å². The van der Waals surface area contributed by atoms with E-state index in [1.807, 2.05) is 170 Å². The lowest BCUT2D eigenvalue weighted by molar-refractivity contribution is -0.126. The number of nitrogens with zero attached hydrogens (tertiary/aromatic N) is 6. The Labute approximate surface area is 802 Å². The van der Waals surface area contributed by atoms with E-state index >= 15 is 0 Å². The lowest BCUT2D eigenvalue weighted by atomic mass is 9.99. The van der Waals surface area contributed by atoms with Crippen LogP contribution in [-0.2, 0) is 51.7 Å². The maximum atomic E-state index is 14.0. The van der Waals surface area contributed by atoms with Gasteiger partial charge in [-0.25, -0.2) is 32.2 Å². The summed E-state index contributed by atoms with van der Waals surface area (Å²) in [6, 6.07) is 52.3. The molecular formula is C106H139F2N13O14S. The summed E-state index contributed by atoms with van der Waals surface area (Å²) >= 11 is 0. The molecule has 8 rings (SSSR count). The number of carbonyl (C=O) groups excluding carboxylic acids is 9. The van der Waals surface area contributed by atoms with Crippen molar-refractivity contribution >= 4 is 63.2 Å². The van der Waals surface area contributed by atoms with Gasteiger partial charge in [0.2, 0.25) is 27.7 Å². The van der Waals surface area contributed by atoms with Crippen LogP contribution in [-0.4, -0.2) is 228 Å². The van der Waals surface area contributed by atoms with Crippen LogP contribution in [0.25, 0.3) is 0 Å². The van der Waals surface area contributed by atoms with Gasteiger partial charge in [-0.05, 0) is 179 Å². The van der Waals surface area contributed by atoms with Crippen LogP contribution in [0.2, 0.25) is 0 Å². The molecule has 9 amide bonds. The quantitative estimate of drug-likeness (QED) is 0.0125. The number of aliphatic hydroxyl groups is 3. The molecule has 0 saturated heterocycles. The van der Waals surface area contributed by atoms with Gasteiger partial charge in [-0.15, -0.1) is 16.7 Å². The van der Waals surface area contributed by atoms with Gasteiger partial charge in [0.1, 0.15) is 11.6 Å². The minimum atomic E-state index is -3.73. The number of hydrogen-bond donors (Lipinski definition) is 10. The van der Waals surface area contributed by atoms with Gasteiger partial charge in [0.25, 0.3) is 35.4 Å². The van der Waals surface area contributed by atoms with Gasteiger partial charge in [-0.1, -0.05) is 209 Å². The van der Waals surface area contributed by atoms with Crippen LogP contribution in [0.15, 0.2) is 194 Å². The maximum absolute atomic E-state index is 14.0. The third-order valence-electron chi connectivity index (χ3n) is 21.6. The molecule has 0 saturated carbocycles. The number of hydrazine groups is 3. The Balaban J connectivity index is 0.000000313. The Morgan fingerprint density at radius 1 is 0.397 bits per heavy atom. The Kier molecular flexibility index (Phi) is 49.2. The number of carbonyl (C=O) groups is 9. The number of likely N-dealkylation sites (N-methyl/N-ethyl adjacent to an activating group) is 2. The van der Waals surface area contributed by atoms with E-state index in [2.05, 4.69) is 62.2 Å². The van der Waals surface area contributed by atoms with Crippen molar-refractivity contribution < 1.29 is 75.7 Å². The average molecular weight is 1890 g/mol. The summed E-state index contributed by atoms with van der Waals surface area (Å²) < 4.78 is 52.7. The number of hydrogen-bond acceptors (Lipinski definition) is 17. The van der Waals surface area contributed by atoms with Crippen molar-refractivity contribution in [2.24, 2.45) is 11.7 Å². The third kappa shape index (κ3) is 39.5. The summed E-state index contributed by atoms with van der Waals surface area (Å²) in [6.07, 6.45) is 3.88. The molecule has 6 atom stereocenters. The predicted molar refractivity (Wildman–Crippen MR) is 529 cm³/mol. The molecular weight excluding hydrogens is 1750 g/mol. The SMILES string of the molecule is CC#Cc1cc(C(=O)NC(Cc2ccccc2)C(O)CN(CC)NC(=O)Cc2ccccc2)cc(C(=O)N(CCC)CCC)c1.CC#Cc1cc(C(=O)NC(Cc2ccccc2)C(O)CN(CCCC)NC(=O)Cc2ccccc2)cc(C(=O)N(CCC)CCC)c1.CCCN(CCC)C(=O)c1cc(C(N)=O)cc(C(=O)NC(Cc2cc(F)cc(F)c2)C(O)CN(C)NS(=O)(=O)CC(C)C)c1. The maximum Gasteiger partial charge on any atom is 0.253 e. The summed E-state index contributed by atoms with van der Waals surface area (Å²) in [5.41, 5.74) is 17.6. The van der Waals surface area contributed by atoms with Crippen molar-refractivity contribution in [2.45, 2.75) is 203 Å². The highest BCUT2D eigenvalue weighted by atomic mass is 32.2. The van der Waals surface area contributed by atoms with Gasteiger partial charge in [0.05, 0.1) is 55.0 Å². The molecule has 27 nitrogen and oxygen atoms in total. The predicted octanol–water partition coefficient (Wildman–Crippen LogP) is 12.5. The molecule has 8 aromatic rings. The first-order valence-corrected chi connectivity index (χ1v) is 48.6. The van der Waals surface area contributed by atoms with E-state index in [1.54, 1.807) is 88.8 Å². The average Bonchev–Trinajstić information content (AvgIpc) is 0.828. The van der Waals surface area contributed by atoms with E-state index in [4.69, 9.17) is 5.73 Å². The second kappa shape index (κ2) is 59.5. The first-order valence-electron chi connectivity index (χ1n) is 47.0. The zero-order valence-electron chi connectivity index (χ0n) is 81.0. The van der Waals surface area contributed by atoms with E-state index in [-0.39, 0.29) is 96.5 Å². The molecule has 0 aliphatic rings. The highest BCUT2D eigenvalue weighted by molar-refractivity contribution is 7.89. The fourth-order valence-electron chi connectivity index (χ4n) is 15.3. The van der Waals surface area contributed by atoms with Gasteiger partial charge < -0.3 is 51.7 Å². The van der Waals surface area contributed by atoms with Crippen LogP contribution in [0.3, 0.4) is 0 Å². The number of nitrogens with two attached hydrogens (primary N) is 1. The molecule has 0 aliphatic heterocycles. The Hall–Kier alpha value is -12.4. The molecule has 0 bridgehead atoms. The topological polar surface area (TPSA) is 366 Å². The van der Waals surface area contributed by atoms with Gasteiger partial charge >= 0.3 is 0 Å². The van der Waals surface area contributed by atoms with E-state index < -0.39 is 87.6 Å². The van der Waals surface area contributed by atoms with Crippen LogP contribution in [0, 0.1) is 41.2 Å². The number of aliphatic hydroxyl groups excluding tert-OH is 3. The van der Waals surface area contributed by atoms with Crippen molar-refractivity contribution in [3.8, 4) is 23.7 Å². The summed E-state index contributed by atoms with van der Waals surface area (Å²) in [6.45, 7) is 27.1. The number of rotatable bonds is 51. The smallest absolute Gasteiger partial charge is 0.253 e. The highest BCUT2D eigenvalue weighted by Gasteiger charge is 2.32. The first-order chi connectivity index (χ1) is 65.1. The molecule has 11 N–H and O–H groups in total. The molecule has 30 heteroatoms. The summed E-state index contributed by atoms with van der Waals surface area (Å²) in [5.74, 6) is 6.13. The van der Waals surface area contributed by atoms with E-state index in [1.165, 1.54) is 25.2 Å². The third-order valence-corrected chi connectivity index (χ3v) is 23.3. The molecule has 0 aromatic heterocycles. The van der Waals surface area contributed by atoms with Crippen LogP contribution < -0.4 is 37.4 Å². The number of halogens is 2. The van der Waals surface area contributed by atoms with Gasteiger partial charge in [-0.2, -0.15) is 0 Å². The molecule has 0 heterocycles. The van der Waals surface area contributed by atoms with Crippen LogP contribution >= 0.6 is 0 Å². The molecule has 136 heavy (non-hydrogen) atoms. The molecule has 0 spiro atoms. The highest BCUT2D eigenvalue weighted by Crippen LogP contribution is 2.23. The summed E-state index contributed by atoms with van der Waals surface area (Å²) in [5, 5.41) is 47.4. The molecule has 0 fully saturated rings. The van der Waals surface area contributed by atoms with Gasteiger partial charge in [0.15, 0.2) is 0 Å². The summed E-state index contributed by atoms with van der Waals surface area (Å²) in [4.78, 5) is 127. The van der Waals surface area contributed by atoms with Crippen LogP contribution in [0.4, 0.5) is 8.78 Å². The number of benzene rings is 8. The molecule has 0 aliphatic carbocycles. The van der Waals surface area contributed by atoms with Crippen molar-refractivity contribution in [3.63, 3.8) is 0 Å². The second-order valence-corrected chi connectivity index (χ2v) is 35.8. The second-order valence-electron chi connectivity index (χ2n) is 34.1. The lowest BCUT2D eigenvalue weighted by Crippen LogP contribution is -2.53. The first kappa shape index (κ1) is 112. The van der Waals surface area contributed by atoms with Crippen molar-refractivity contribution in [2.75, 3.05) is 84.8 Å². The number of nitrogens with one attached hydrogen (secondary N) is 6. The molecule has 0 radical (unpaired) electrons. The van der Waals surface area contributed by atoms with Crippen molar-refractivity contribution in [1.82, 2.24) is 61.4 Å². The molecule has 732 valence electrons. The molecule has 8 aromatic carbocycles. The number of primary amides is 1. The minimum Gasteiger partial charge on any atom is -0.390 e. The van der Waals surface area contributed by atoms with Crippen molar-refractivity contribution in [3.05, 3.63) is 284 Å². The monoisotopic (exact) mass is 1890 g/mol. The zero-order valence-corrected chi connectivity index (χ0v) is 81.8. The summed E-state index contributed by atoms with van der Waals surface area (Å²) in [7, 11) is -2.35. The largest absolute Gasteiger partial charge is 0.390 e.